The molecule has 3 rings (SSSR count). The van der Waals surface area contributed by atoms with E-state index in [9.17, 15) is 9.59 Å². The van der Waals surface area contributed by atoms with Crippen LogP contribution in [0.2, 0.25) is 0 Å². The maximum Gasteiger partial charge on any atom is 0.251 e. The van der Waals surface area contributed by atoms with Crippen molar-refractivity contribution in [1.82, 2.24) is 5.32 Å². The van der Waals surface area contributed by atoms with Crippen LogP contribution in [0.15, 0.2) is 48.5 Å². The van der Waals surface area contributed by atoms with Gasteiger partial charge in [-0.2, -0.15) is 0 Å². The number of ether oxygens (including phenoxy) is 2. The Balaban J connectivity index is 1.42. The normalized spacial score (nSPS) is 15.4. The van der Waals surface area contributed by atoms with Crippen LogP contribution in [0.1, 0.15) is 43.5 Å². The van der Waals surface area contributed by atoms with E-state index in [1.807, 2.05) is 24.3 Å². The van der Waals surface area contributed by atoms with Gasteiger partial charge in [-0.3, -0.25) is 9.59 Å². The van der Waals surface area contributed by atoms with Gasteiger partial charge in [0.15, 0.2) is 0 Å². The molecular weight excluding hydrogens is 406 g/mol. The van der Waals surface area contributed by atoms with Crippen molar-refractivity contribution in [2.45, 2.75) is 39.2 Å². The first-order valence-corrected chi connectivity index (χ1v) is 11.3. The summed E-state index contributed by atoms with van der Waals surface area (Å²) in [5, 5.41) is 8.81. The molecule has 3 N–H and O–H groups in total. The summed E-state index contributed by atoms with van der Waals surface area (Å²) < 4.78 is 11.2. The van der Waals surface area contributed by atoms with Crippen LogP contribution < -0.4 is 20.7 Å². The summed E-state index contributed by atoms with van der Waals surface area (Å²) in [6.45, 7) is 6.40. The molecule has 2 aromatic carbocycles. The highest BCUT2D eigenvalue weighted by molar-refractivity contribution is 5.98. The zero-order valence-electron chi connectivity index (χ0n) is 18.9. The van der Waals surface area contributed by atoms with Crippen LogP contribution in [-0.2, 0) is 9.53 Å². The summed E-state index contributed by atoms with van der Waals surface area (Å²) in [5.74, 6) is 1.05. The van der Waals surface area contributed by atoms with Gasteiger partial charge in [-0.25, -0.2) is 0 Å². The molecule has 0 aliphatic carbocycles. The monoisotopic (exact) mass is 439 g/mol. The molecule has 7 nitrogen and oxygen atoms in total. The molecule has 0 bridgehead atoms. The van der Waals surface area contributed by atoms with Gasteiger partial charge in [-0.15, -0.1) is 0 Å². The van der Waals surface area contributed by atoms with Gasteiger partial charge in [0.2, 0.25) is 5.91 Å². The second-order valence-corrected chi connectivity index (χ2v) is 8.38. The van der Waals surface area contributed by atoms with E-state index in [2.05, 4.69) is 29.8 Å². The number of anilines is 2. The fourth-order valence-corrected chi connectivity index (χ4v) is 3.32. The lowest BCUT2D eigenvalue weighted by atomic mass is 10.1. The maximum atomic E-state index is 12.4. The van der Waals surface area contributed by atoms with E-state index < -0.39 is 0 Å². The van der Waals surface area contributed by atoms with E-state index in [0.717, 1.165) is 37.3 Å². The van der Waals surface area contributed by atoms with Gasteiger partial charge in [0.05, 0.1) is 19.3 Å². The Morgan fingerprint density at radius 2 is 1.94 bits per heavy atom. The molecule has 7 heteroatoms. The number of carbonyl (C=O) groups excluding carboxylic acids is 2. The molecule has 32 heavy (non-hydrogen) atoms. The minimum absolute atomic E-state index is 0.0913. The van der Waals surface area contributed by atoms with Crippen molar-refractivity contribution in [3.8, 4) is 5.75 Å². The first-order valence-electron chi connectivity index (χ1n) is 11.3. The van der Waals surface area contributed by atoms with Crippen LogP contribution >= 0.6 is 0 Å². The Morgan fingerprint density at radius 1 is 1.12 bits per heavy atom. The molecule has 1 unspecified atom stereocenters. The number of nitrogens with one attached hydrogen (secondary N) is 3. The van der Waals surface area contributed by atoms with Crippen molar-refractivity contribution in [3.63, 3.8) is 0 Å². The summed E-state index contributed by atoms with van der Waals surface area (Å²) >= 11 is 0. The predicted octanol–water partition coefficient (Wildman–Crippen LogP) is 4.07. The topological polar surface area (TPSA) is 88.7 Å². The smallest absolute Gasteiger partial charge is 0.251 e. The highest BCUT2D eigenvalue weighted by atomic mass is 16.5. The first-order chi connectivity index (χ1) is 15.5. The number of amides is 2. The van der Waals surface area contributed by atoms with Crippen LogP contribution in [0, 0.1) is 5.92 Å². The third-order valence-corrected chi connectivity index (χ3v) is 5.19. The first kappa shape index (κ1) is 23.6. The van der Waals surface area contributed by atoms with Crippen LogP contribution in [0.4, 0.5) is 11.4 Å². The molecule has 1 saturated heterocycles. The van der Waals surface area contributed by atoms with Crippen LogP contribution in [0.5, 0.6) is 5.75 Å². The quantitative estimate of drug-likeness (QED) is 0.491. The maximum absolute atomic E-state index is 12.4. The second kappa shape index (κ2) is 12.1. The summed E-state index contributed by atoms with van der Waals surface area (Å²) in [6, 6.07) is 14.5. The van der Waals surface area contributed by atoms with Gasteiger partial charge in [0.25, 0.3) is 5.91 Å². The predicted molar refractivity (Wildman–Crippen MR) is 126 cm³/mol. The van der Waals surface area contributed by atoms with Crippen molar-refractivity contribution in [1.29, 1.82) is 0 Å². The molecule has 1 aliphatic rings. The lowest BCUT2D eigenvalue weighted by molar-refractivity contribution is -0.114. The van der Waals surface area contributed by atoms with Gasteiger partial charge in [0, 0.05) is 30.1 Å². The average molecular weight is 440 g/mol. The Bertz CT molecular complexity index is 877. The van der Waals surface area contributed by atoms with E-state index in [0.29, 0.717) is 30.3 Å². The molecular formula is C25H33N3O4. The molecule has 1 atom stereocenters. The summed E-state index contributed by atoms with van der Waals surface area (Å²) in [7, 11) is 0. The van der Waals surface area contributed by atoms with Crippen LogP contribution in [-0.4, -0.2) is 44.2 Å². The number of rotatable bonds is 11. The third-order valence-electron chi connectivity index (χ3n) is 5.19. The summed E-state index contributed by atoms with van der Waals surface area (Å²) in [5.41, 5.74) is 1.91. The Hall–Kier alpha value is -3.06. The molecule has 0 spiro atoms. The molecule has 1 aliphatic heterocycles. The van der Waals surface area contributed by atoms with Crippen molar-refractivity contribution in [2.24, 2.45) is 5.92 Å². The SMILES string of the molecule is CC(C)CCOc1ccc(NCC(=O)Nc2cccc(C(=O)NCC3CCCO3)c2)cc1. The minimum Gasteiger partial charge on any atom is -0.494 e. The van der Waals surface area contributed by atoms with E-state index in [-0.39, 0.29) is 24.5 Å². The number of hydrogen-bond acceptors (Lipinski definition) is 5. The van der Waals surface area contributed by atoms with E-state index >= 15 is 0 Å². The minimum atomic E-state index is -0.195. The number of benzene rings is 2. The average Bonchev–Trinajstić information content (AvgIpc) is 3.30. The van der Waals surface area contributed by atoms with Crippen molar-refractivity contribution in [2.75, 3.05) is 36.9 Å². The summed E-state index contributed by atoms with van der Waals surface area (Å²) in [6.07, 6.45) is 3.11. The van der Waals surface area contributed by atoms with E-state index in [1.54, 1.807) is 24.3 Å². The fraction of sp³-hybridized carbons (Fsp3) is 0.440. The number of carbonyl (C=O) groups is 2. The molecule has 0 aromatic heterocycles. The molecule has 0 radical (unpaired) electrons. The fourth-order valence-electron chi connectivity index (χ4n) is 3.32. The Labute approximate surface area is 189 Å². The lowest BCUT2D eigenvalue weighted by Gasteiger charge is -2.12. The van der Waals surface area contributed by atoms with Gasteiger partial charge in [0.1, 0.15) is 5.75 Å². The van der Waals surface area contributed by atoms with Gasteiger partial charge < -0.3 is 25.4 Å². The highest BCUT2D eigenvalue weighted by Gasteiger charge is 2.17. The summed E-state index contributed by atoms with van der Waals surface area (Å²) in [4.78, 5) is 24.7. The number of hydrogen-bond donors (Lipinski definition) is 3. The van der Waals surface area contributed by atoms with E-state index in [4.69, 9.17) is 9.47 Å². The van der Waals surface area contributed by atoms with Gasteiger partial charge in [-0.05, 0) is 67.6 Å². The Morgan fingerprint density at radius 3 is 2.66 bits per heavy atom. The largest absolute Gasteiger partial charge is 0.494 e. The van der Waals surface area contributed by atoms with Crippen molar-refractivity contribution < 1.29 is 19.1 Å². The molecule has 2 aromatic rings. The highest BCUT2D eigenvalue weighted by Crippen LogP contribution is 2.17. The third kappa shape index (κ3) is 7.89. The molecule has 172 valence electrons. The standard InChI is InChI=1S/C25H33N3O4/c1-18(2)12-14-32-22-10-8-20(9-11-22)26-17-24(29)28-21-6-3-5-19(15-21)25(30)27-16-23-7-4-13-31-23/h3,5-6,8-11,15,18,23,26H,4,7,12-14,16-17H2,1-2H3,(H,27,30)(H,28,29). The molecule has 1 heterocycles. The van der Waals surface area contributed by atoms with Crippen molar-refractivity contribution in [3.05, 3.63) is 54.1 Å². The second-order valence-electron chi connectivity index (χ2n) is 8.38. The van der Waals surface area contributed by atoms with Crippen molar-refractivity contribution >= 4 is 23.2 Å². The molecule has 1 fully saturated rings. The van der Waals surface area contributed by atoms with Crippen LogP contribution in [0.25, 0.3) is 0 Å². The zero-order chi connectivity index (χ0) is 22.8. The zero-order valence-corrected chi connectivity index (χ0v) is 18.9. The van der Waals surface area contributed by atoms with E-state index in [1.165, 1.54) is 0 Å². The van der Waals surface area contributed by atoms with Crippen LogP contribution in [0.3, 0.4) is 0 Å². The lowest BCUT2D eigenvalue weighted by Crippen LogP contribution is -2.31. The molecule has 2 amide bonds. The molecule has 0 saturated carbocycles. The van der Waals surface area contributed by atoms with Gasteiger partial charge in [-0.1, -0.05) is 19.9 Å². The Kier molecular flexibility index (Phi) is 8.92. The van der Waals surface area contributed by atoms with Gasteiger partial charge >= 0.3 is 0 Å².